The standard InChI is InChI=1S/C11H21NOS/c1-8(2)9-4-6-10(7-5-9)12-11(13)14-3/h10-13H,4-7H2,1-3H3. The fraction of sp³-hybridized carbons (Fsp3) is 0.818. The molecule has 1 rings (SSSR count). The summed E-state index contributed by atoms with van der Waals surface area (Å²) in [5.74, 6) is 0. The summed E-state index contributed by atoms with van der Waals surface area (Å²) in [4.78, 5) is 0. The summed E-state index contributed by atoms with van der Waals surface area (Å²) in [6, 6.07) is 0.501. The van der Waals surface area contributed by atoms with Crippen LogP contribution >= 0.6 is 11.8 Å². The predicted octanol–water partition coefficient (Wildman–Crippen LogP) is 2.49. The quantitative estimate of drug-likeness (QED) is 0.560. The molecule has 14 heavy (non-hydrogen) atoms. The van der Waals surface area contributed by atoms with Crippen molar-refractivity contribution in [2.75, 3.05) is 6.26 Å². The molecule has 0 spiro atoms. The first-order valence-corrected chi connectivity index (χ1v) is 6.54. The van der Waals surface area contributed by atoms with E-state index in [0.717, 1.165) is 12.8 Å². The fourth-order valence-corrected chi connectivity index (χ4v) is 2.23. The van der Waals surface area contributed by atoms with Gasteiger partial charge in [0.1, 0.15) is 0 Å². The average Bonchev–Trinajstić information content (AvgIpc) is 2.18. The third kappa shape index (κ3) is 3.64. The maximum atomic E-state index is 9.43. The summed E-state index contributed by atoms with van der Waals surface area (Å²) in [5.41, 5.74) is 2.70. The molecule has 2 nitrogen and oxygen atoms in total. The van der Waals surface area contributed by atoms with Gasteiger partial charge in [0, 0.05) is 6.04 Å². The van der Waals surface area contributed by atoms with Crippen LogP contribution < -0.4 is 5.32 Å². The van der Waals surface area contributed by atoms with E-state index in [4.69, 9.17) is 0 Å². The van der Waals surface area contributed by atoms with Crippen LogP contribution in [-0.4, -0.2) is 23.0 Å². The number of aliphatic hydroxyl groups excluding tert-OH is 1. The van der Waals surface area contributed by atoms with Gasteiger partial charge in [-0.2, -0.15) is 0 Å². The van der Waals surface area contributed by atoms with Gasteiger partial charge in [0.25, 0.3) is 0 Å². The molecule has 1 saturated carbocycles. The molecule has 0 aliphatic heterocycles. The lowest BCUT2D eigenvalue weighted by Crippen LogP contribution is -2.37. The van der Waals surface area contributed by atoms with Crippen molar-refractivity contribution >= 4 is 11.8 Å². The van der Waals surface area contributed by atoms with E-state index in [-0.39, 0.29) is 0 Å². The molecule has 3 heteroatoms. The van der Waals surface area contributed by atoms with Crippen LogP contribution in [0, 0.1) is 0 Å². The minimum absolute atomic E-state index is 0.395. The lowest BCUT2D eigenvalue weighted by molar-refractivity contribution is 0.196. The molecule has 1 aliphatic carbocycles. The van der Waals surface area contributed by atoms with E-state index in [1.807, 2.05) is 6.26 Å². The van der Waals surface area contributed by atoms with E-state index in [2.05, 4.69) is 19.2 Å². The molecule has 0 aromatic heterocycles. The highest BCUT2D eigenvalue weighted by Crippen LogP contribution is 2.26. The molecule has 0 bridgehead atoms. The van der Waals surface area contributed by atoms with Crippen molar-refractivity contribution in [1.82, 2.24) is 5.32 Å². The van der Waals surface area contributed by atoms with E-state index < -0.39 is 5.56 Å². The van der Waals surface area contributed by atoms with Crippen LogP contribution in [-0.2, 0) is 0 Å². The molecule has 0 amide bonds. The van der Waals surface area contributed by atoms with Crippen molar-refractivity contribution in [3.8, 4) is 0 Å². The zero-order valence-corrected chi connectivity index (χ0v) is 10.2. The summed E-state index contributed by atoms with van der Waals surface area (Å²) in [7, 11) is 0. The van der Waals surface area contributed by atoms with Crippen molar-refractivity contribution in [1.29, 1.82) is 0 Å². The highest BCUT2D eigenvalue weighted by atomic mass is 32.2. The van der Waals surface area contributed by atoms with Gasteiger partial charge in [-0.1, -0.05) is 11.1 Å². The monoisotopic (exact) mass is 215 g/mol. The molecular weight excluding hydrogens is 194 g/mol. The summed E-state index contributed by atoms with van der Waals surface area (Å²) >= 11 is 1.46. The van der Waals surface area contributed by atoms with E-state index in [1.165, 1.54) is 30.2 Å². The number of allylic oxidation sites excluding steroid dienone is 2. The summed E-state index contributed by atoms with van der Waals surface area (Å²) < 4.78 is 0. The van der Waals surface area contributed by atoms with E-state index in [1.54, 1.807) is 5.57 Å². The molecule has 0 heterocycles. The van der Waals surface area contributed by atoms with Gasteiger partial charge in [-0.05, 0) is 45.8 Å². The number of rotatable bonds is 3. The Kier molecular flexibility index (Phi) is 4.99. The van der Waals surface area contributed by atoms with Gasteiger partial charge in [0.05, 0.1) is 0 Å². The number of hydrogen-bond acceptors (Lipinski definition) is 3. The predicted molar refractivity (Wildman–Crippen MR) is 63.3 cm³/mol. The highest BCUT2D eigenvalue weighted by Gasteiger charge is 2.18. The van der Waals surface area contributed by atoms with Crippen LogP contribution in [0.25, 0.3) is 0 Å². The van der Waals surface area contributed by atoms with E-state index in [0.29, 0.717) is 6.04 Å². The Morgan fingerprint density at radius 2 is 2.00 bits per heavy atom. The first-order valence-electron chi connectivity index (χ1n) is 5.25. The lowest BCUT2D eigenvalue weighted by Gasteiger charge is -2.27. The normalized spacial score (nSPS) is 24.9. The summed E-state index contributed by atoms with van der Waals surface area (Å²) in [5, 5.41) is 12.6. The first kappa shape index (κ1) is 12.1. The average molecular weight is 215 g/mol. The second-order valence-electron chi connectivity index (χ2n) is 4.13. The SMILES string of the molecule is CSC(O)NC1CCC(=C(C)C)CC1. The molecule has 1 aliphatic rings. The van der Waals surface area contributed by atoms with Crippen molar-refractivity contribution in [2.24, 2.45) is 0 Å². The molecule has 0 saturated heterocycles. The van der Waals surface area contributed by atoms with Crippen LogP contribution in [0.15, 0.2) is 11.1 Å². The van der Waals surface area contributed by atoms with Gasteiger partial charge in [0.2, 0.25) is 0 Å². The van der Waals surface area contributed by atoms with Gasteiger partial charge in [-0.3, -0.25) is 5.32 Å². The maximum absolute atomic E-state index is 9.43. The zero-order valence-electron chi connectivity index (χ0n) is 9.34. The smallest absolute Gasteiger partial charge is 0.153 e. The van der Waals surface area contributed by atoms with E-state index >= 15 is 0 Å². The summed E-state index contributed by atoms with van der Waals surface area (Å²) in [6.45, 7) is 4.39. The molecule has 82 valence electrons. The molecule has 1 atom stereocenters. The maximum Gasteiger partial charge on any atom is 0.153 e. The van der Waals surface area contributed by atoms with Crippen molar-refractivity contribution in [2.45, 2.75) is 51.1 Å². The third-order valence-corrected chi connectivity index (χ3v) is 3.48. The van der Waals surface area contributed by atoms with Gasteiger partial charge < -0.3 is 5.11 Å². The minimum Gasteiger partial charge on any atom is -0.369 e. The number of thioether (sulfide) groups is 1. The first-order chi connectivity index (χ1) is 6.63. The van der Waals surface area contributed by atoms with Crippen LogP contribution in [0.5, 0.6) is 0 Å². The Morgan fingerprint density at radius 3 is 2.43 bits per heavy atom. The Morgan fingerprint density at radius 1 is 1.43 bits per heavy atom. The number of hydrogen-bond donors (Lipinski definition) is 2. The van der Waals surface area contributed by atoms with E-state index in [9.17, 15) is 5.11 Å². The van der Waals surface area contributed by atoms with Crippen molar-refractivity contribution < 1.29 is 5.11 Å². The molecule has 0 aromatic rings. The van der Waals surface area contributed by atoms with Crippen LogP contribution in [0.3, 0.4) is 0 Å². The largest absolute Gasteiger partial charge is 0.369 e. The third-order valence-electron chi connectivity index (χ3n) is 2.90. The zero-order chi connectivity index (χ0) is 10.6. The Bertz CT molecular complexity index is 201. The Balaban J connectivity index is 2.33. The molecule has 1 unspecified atom stereocenters. The van der Waals surface area contributed by atoms with Crippen LogP contribution in [0.4, 0.5) is 0 Å². The van der Waals surface area contributed by atoms with Gasteiger partial charge in [-0.15, -0.1) is 11.8 Å². The van der Waals surface area contributed by atoms with Crippen molar-refractivity contribution in [3.63, 3.8) is 0 Å². The number of nitrogens with one attached hydrogen (secondary N) is 1. The van der Waals surface area contributed by atoms with Crippen molar-refractivity contribution in [3.05, 3.63) is 11.1 Å². The van der Waals surface area contributed by atoms with Crippen LogP contribution in [0.1, 0.15) is 39.5 Å². The Hall–Kier alpha value is 0.0100. The van der Waals surface area contributed by atoms with Gasteiger partial charge >= 0.3 is 0 Å². The lowest BCUT2D eigenvalue weighted by atomic mass is 9.88. The second kappa shape index (κ2) is 5.79. The molecule has 0 radical (unpaired) electrons. The number of aliphatic hydroxyl groups is 1. The molecule has 0 aromatic carbocycles. The summed E-state index contributed by atoms with van der Waals surface area (Å²) in [6.07, 6.45) is 6.64. The fourth-order valence-electron chi connectivity index (χ4n) is 1.90. The Labute approximate surface area is 91.2 Å². The van der Waals surface area contributed by atoms with Crippen LogP contribution in [0.2, 0.25) is 0 Å². The highest BCUT2D eigenvalue weighted by molar-refractivity contribution is 7.98. The molecule has 1 fully saturated rings. The second-order valence-corrected chi connectivity index (χ2v) is 5.05. The van der Waals surface area contributed by atoms with Gasteiger partial charge in [0.15, 0.2) is 5.56 Å². The van der Waals surface area contributed by atoms with Gasteiger partial charge in [-0.25, -0.2) is 0 Å². The molecule has 2 N–H and O–H groups in total. The topological polar surface area (TPSA) is 32.3 Å². The molecular formula is C11H21NOS. The minimum atomic E-state index is -0.395.